The van der Waals surface area contributed by atoms with E-state index < -0.39 is 9.84 Å². The fourth-order valence-corrected chi connectivity index (χ4v) is 3.61. The molecule has 2 aromatic rings. The molecule has 0 bridgehead atoms. The maximum absolute atomic E-state index is 11.4. The van der Waals surface area contributed by atoms with E-state index in [1.165, 1.54) is 6.26 Å². The average molecular weight is 317 g/mol. The van der Waals surface area contributed by atoms with Gasteiger partial charge in [-0.2, -0.15) is 5.26 Å². The minimum atomic E-state index is -3.17. The van der Waals surface area contributed by atoms with Gasteiger partial charge in [-0.15, -0.1) is 11.8 Å². The Balaban J connectivity index is 2.20. The van der Waals surface area contributed by atoms with Gasteiger partial charge < -0.3 is 0 Å². The van der Waals surface area contributed by atoms with Crippen LogP contribution in [0.15, 0.2) is 64.4 Å². The van der Waals surface area contributed by atoms with Crippen LogP contribution in [0.5, 0.6) is 0 Å². The Morgan fingerprint density at radius 1 is 1.10 bits per heavy atom. The van der Waals surface area contributed by atoms with Crippen molar-refractivity contribution in [3.8, 4) is 6.07 Å². The number of rotatable bonds is 5. The van der Waals surface area contributed by atoms with Gasteiger partial charge in [0.25, 0.3) is 0 Å². The minimum absolute atomic E-state index is 0.0419. The number of hydrogen-bond acceptors (Lipinski definition) is 4. The van der Waals surface area contributed by atoms with Gasteiger partial charge in [-0.3, -0.25) is 0 Å². The van der Waals surface area contributed by atoms with Gasteiger partial charge in [-0.1, -0.05) is 30.3 Å². The molecule has 3 nitrogen and oxygen atoms in total. The van der Waals surface area contributed by atoms with E-state index >= 15 is 0 Å². The first-order valence-corrected chi connectivity index (χ1v) is 9.16. The van der Waals surface area contributed by atoms with Crippen LogP contribution in [0, 0.1) is 11.3 Å². The Kier molecular flexibility index (Phi) is 5.05. The first kappa shape index (κ1) is 15.6. The predicted octanol–water partition coefficient (Wildman–Crippen LogP) is 3.84. The van der Waals surface area contributed by atoms with Crippen LogP contribution in [-0.2, 0) is 9.84 Å². The van der Waals surface area contributed by atoms with Crippen molar-refractivity contribution in [2.75, 3.05) is 6.26 Å². The van der Waals surface area contributed by atoms with Gasteiger partial charge in [-0.05, 0) is 29.8 Å². The third-order valence-electron chi connectivity index (χ3n) is 2.98. The molecular weight excluding hydrogens is 302 g/mol. The van der Waals surface area contributed by atoms with E-state index in [1.807, 2.05) is 30.3 Å². The number of thioether (sulfide) groups is 1. The van der Waals surface area contributed by atoms with Gasteiger partial charge in [0.05, 0.1) is 17.4 Å². The standard InChI is InChI=1S/C16H15NO2S2/c1-21(18,19)15-9-7-14(8-10-15)20-16(11-12-17)13-5-3-2-4-6-13/h2-10,16H,11H2,1H3. The molecule has 108 valence electrons. The molecule has 1 unspecified atom stereocenters. The quantitative estimate of drug-likeness (QED) is 0.786. The van der Waals surface area contributed by atoms with E-state index in [1.54, 1.807) is 36.0 Å². The van der Waals surface area contributed by atoms with Crippen molar-refractivity contribution >= 4 is 21.6 Å². The Bertz CT molecular complexity index is 732. The summed E-state index contributed by atoms with van der Waals surface area (Å²) < 4.78 is 22.9. The summed E-state index contributed by atoms with van der Waals surface area (Å²) in [4.78, 5) is 1.26. The summed E-state index contributed by atoms with van der Waals surface area (Å²) >= 11 is 1.57. The van der Waals surface area contributed by atoms with Crippen molar-refractivity contribution in [1.82, 2.24) is 0 Å². The summed E-state index contributed by atoms with van der Waals surface area (Å²) in [6.07, 6.45) is 1.60. The summed E-state index contributed by atoms with van der Waals surface area (Å²) in [5.74, 6) is 0. The summed E-state index contributed by atoms with van der Waals surface area (Å²) in [6, 6.07) is 18.8. The zero-order chi connectivity index (χ0) is 15.3. The van der Waals surface area contributed by atoms with Gasteiger partial charge in [0.1, 0.15) is 0 Å². The molecule has 0 saturated carbocycles. The maximum Gasteiger partial charge on any atom is 0.175 e. The van der Waals surface area contributed by atoms with Crippen molar-refractivity contribution in [3.63, 3.8) is 0 Å². The van der Waals surface area contributed by atoms with Gasteiger partial charge >= 0.3 is 0 Å². The molecule has 2 rings (SSSR count). The van der Waals surface area contributed by atoms with Crippen LogP contribution >= 0.6 is 11.8 Å². The number of hydrogen-bond donors (Lipinski definition) is 0. The molecule has 5 heteroatoms. The fraction of sp³-hybridized carbons (Fsp3) is 0.188. The minimum Gasteiger partial charge on any atom is -0.224 e. The van der Waals surface area contributed by atoms with Crippen LogP contribution in [0.3, 0.4) is 0 Å². The first-order valence-electron chi connectivity index (χ1n) is 6.39. The molecule has 0 N–H and O–H groups in total. The Morgan fingerprint density at radius 2 is 1.71 bits per heavy atom. The third-order valence-corrected chi connectivity index (χ3v) is 5.37. The molecule has 1 atom stereocenters. The summed E-state index contributed by atoms with van der Waals surface area (Å²) in [5.41, 5.74) is 1.09. The van der Waals surface area contributed by atoms with Crippen molar-refractivity contribution in [3.05, 3.63) is 60.2 Å². The van der Waals surface area contributed by atoms with Gasteiger partial charge in [-0.25, -0.2) is 8.42 Å². The largest absolute Gasteiger partial charge is 0.224 e. The zero-order valence-corrected chi connectivity index (χ0v) is 13.2. The Morgan fingerprint density at radius 3 is 2.24 bits per heavy atom. The second-order valence-electron chi connectivity index (χ2n) is 4.62. The molecule has 0 aromatic heterocycles. The molecule has 0 heterocycles. The molecule has 21 heavy (non-hydrogen) atoms. The predicted molar refractivity (Wildman–Crippen MR) is 84.8 cm³/mol. The summed E-state index contributed by atoms with van der Waals surface area (Å²) in [7, 11) is -3.17. The van der Waals surface area contributed by atoms with Crippen LogP contribution < -0.4 is 0 Å². The van der Waals surface area contributed by atoms with Crippen molar-refractivity contribution in [2.45, 2.75) is 21.5 Å². The van der Waals surface area contributed by atoms with Gasteiger partial charge in [0.2, 0.25) is 0 Å². The van der Waals surface area contributed by atoms with Crippen molar-refractivity contribution in [2.24, 2.45) is 0 Å². The molecule has 0 fully saturated rings. The molecular formula is C16H15NO2S2. The van der Waals surface area contributed by atoms with E-state index in [4.69, 9.17) is 5.26 Å². The Labute approximate surface area is 129 Å². The highest BCUT2D eigenvalue weighted by Crippen LogP contribution is 2.37. The van der Waals surface area contributed by atoms with E-state index in [0.717, 1.165) is 10.5 Å². The van der Waals surface area contributed by atoms with Crippen LogP contribution in [-0.4, -0.2) is 14.7 Å². The topological polar surface area (TPSA) is 57.9 Å². The second kappa shape index (κ2) is 6.79. The van der Waals surface area contributed by atoms with E-state index in [2.05, 4.69) is 6.07 Å². The van der Waals surface area contributed by atoms with E-state index in [0.29, 0.717) is 11.3 Å². The lowest BCUT2D eigenvalue weighted by Gasteiger charge is -2.14. The smallest absolute Gasteiger partial charge is 0.175 e. The molecule has 0 spiro atoms. The molecule has 0 aliphatic rings. The Hall–Kier alpha value is -1.77. The molecule has 0 amide bonds. The summed E-state index contributed by atoms with van der Waals surface area (Å²) in [5, 5.41) is 9.03. The summed E-state index contributed by atoms with van der Waals surface area (Å²) in [6.45, 7) is 0. The SMILES string of the molecule is CS(=O)(=O)c1ccc(SC(CC#N)c2ccccc2)cc1. The second-order valence-corrected chi connectivity index (χ2v) is 7.91. The lowest BCUT2D eigenvalue weighted by atomic mass is 10.1. The van der Waals surface area contributed by atoms with Crippen LogP contribution in [0.1, 0.15) is 17.2 Å². The van der Waals surface area contributed by atoms with E-state index in [-0.39, 0.29) is 5.25 Å². The number of nitriles is 1. The highest BCUT2D eigenvalue weighted by molar-refractivity contribution is 7.99. The number of sulfone groups is 1. The molecule has 2 aromatic carbocycles. The molecule has 0 aliphatic carbocycles. The van der Waals surface area contributed by atoms with Crippen LogP contribution in [0.2, 0.25) is 0 Å². The van der Waals surface area contributed by atoms with Crippen LogP contribution in [0.25, 0.3) is 0 Å². The van der Waals surface area contributed by atoms with E-state index in [9.17, 15) is 8.42 Å². The maximum atomic E-state index is 11.4. The van der Waals surface area contributed by atoms with Gasteiger partial charge in [0, 0.05) is 16.4 Å². The average Bonchev–Trinajstić information content (AvgIpc) is 2.47. The number of benzene rings is 2. The van der Waals surface area contributed by atoms with Crippen molar-refractivity contribution < 1.29 is 8.42 Å². The zero-order valence-electron chi connectivity index (χ0n) is 11.6. The molecule has 0 radical (unpaired) electrons. The molecule has 0 saturated heterocycles. The number of nitrogens with zero attached hydrogens (tertiary/aromatic N) is 1. The lowest BCUT2D eigenvalue weighted by molar-refractivity contribution is 0.602. The van der Waals surface area contributed by atoms with Gasteiger partial charge in [0.15, 0.2) is 9.84 Å². The third kappa shape index (κ3) is 4.35. The fourth-order valence-electron chi connectivity index (χ4n) is 1.91. The highest BCUT2D eigenvalue weighted by Gasteiger charge is 2.13. The highest BCUT2D eigenvalue weighted by atomic mass is 32.2. The lowest BCUT2D eigenvalue weighted by Crippen LogP contribution is -1.97. The van der Waals surface area contributed by atoms with Crippen LogP contribution in [0.4, 0.5) is 0 Å². The monoisotopic (exact) mass is 317 g/mol. The first-order chi connectivity index (χ1) is 10.0. The molecule has 0 aliphatic heterocycles. The normalized spacial score (nSPS) is 12.6. The van der Waals surface area contributed by atoms with Crippen molar-refractivity contribution in [1.29, 1.82) is 5.26 Å².